The predicted molar refractivity (Wildman–Crippen MR) is 52.2 cm³/mol. The molecule has 0 radical (unpaired) electrons. The molecule has 0 unspecified atom stereocenters. The van der Waals surface area contributed by atoms with Crippen LogP contribution in [0.3, 0.4) is 0 Å². The fraction of sp³-hybridized carbons (Fsp3) is 0.100. The number of carbonyl (C=O) groups is 1. The van der Waals surface area contributed by atoms with E-state index in [1.807, 2.05) is 0 Å². The molecule has 0 amide bonds. The maximum absolute atomic E-state index is 13.2. The average Bonchev–Trinajstić information content (AvgIpc) is 2.17. The van der Waals surface area contributed by atoms with Crippen molar-refractivity contribution >= 4 is 17.7 Å². The minimum absolute atomic E-state index is 0.142. The molecule has 0 heterocycles. The summed E-state index contributed by atoms with van der Waals surface area (Å²) in [4.78, 5) is 11.1. The fourth-order valence-corrected chi connectivity index (χ4v) is 1.05. The standard InChI is InChI=1S/C10H10FNO2/c1-3-6-4-7(10(13)14-2)8(11)5-9(6)12/h3-5H,1,12H2,2H3. The van der Waals surface area contributed by atoms with Gasteiger partial charge in [-0.3, -0.25) is 0 Å². The van der Waals surface area contributed by atoms with Gasteiger partial charge in [-0.1, -0.05) is 12.7 Å². The average molecular weight is 195 g/mol. The molecular weight excluding hydrogens is 185 g/mol. The van der Waals surface area contributed by atoms with E-state index in [2.05, 4.69) is 11.3 Å². The number of ether oxygens (including phenoxy) is 1. The first-order valence-corrected chi connectivity index (χ1v) is 3.90. The van der Waals surface area contributed by atoms with Crippen molar-refractivity contribution in [1.82, 2.24) is 0 Å². The van der Waals surface area contributed by atoms with Crippen LogP contribution >= 0.6 is 0 Å². The number of methoxy groups -OCH3 is 1. The Morgan fingerprint density at radius 2 is 2.29 bits per heavy atom. The predicted octanol–water partition coefficient (Wildman–Crippen LogP) is 1.84. The van der Waals surface area contributed by atoms with E-state index < -0.39 is 11.8 Å². The van der Waals surface area contributed by atoms with Crippen LogP contribution in [-0.2, 0) is 4.74 Å². The Balaban J connectivity index is 3.30. The monoisotopic (exact) mass is 195 g/mol. The van der Waals surface area contributed by atoms with Crippen molar-refractivity contribution in [1.29, 1.82) is 0 Å². The second-order valence-corrected chi connectivity index (χ2v) is 2.66. The zero-order valence-electron chi connectivity index (χ0n) is 7.71. The van der Waals surface area contributed by atoms with E-state index in [9.17, 15) is 9.18 Å². The molecule has 1 aromatic carbocycles. The van der Waals surface area contributed by atoms with Crippen molar-refractivity contribution in [3.05, 3.63) is 35.7 Å². The lowest BCUT2D eigenvalue weighted by molar-refractivity contribution is 0.0595. The molecule has 0 saturated carbocycles. The number of esters is 1. The number of nitrogens with two attached hydrogens (primary N) is 1. The summed E-state index contributed by atoms with van der Waals surface area (Å²) in [6.45, 7) is 3.49. The van der Waals surface area contributed by atoms with Crippen LogP contribution in [-0.4, -0.2) is 13.1 Å². The Morgan fingerprint density at radius 1 is 1.64 bits per heavy atom. The molecule has 0 aliphatic heterocycles. The van der Waals surface area contributed by atoms with Gasteiger partial charge in [0.15, 0.2) is 0 Å². The lowest BCUT2D eigenvalue weighted by Gasteiger charge is -2.05. The minimum Gasteiger partial charge on any atom is -0.465 e. The third-order valence-electron chi connectivity index (χ3n) is 1.80. The highest BCUT2D eigenvalue weighted by molar-refractivity contribution is 5.91. The number of hydrogen-bond donors (Lipinski definition) is 1. The molecule has 14 heavy (non-hydrogen) atoms. The van der Waals surface area contributed by atoms with Gasteiger partial charge in [0.25, 0.3) is 0 Å². The van der Waals surface area contributed by atoms with Crippen LogP contribution in [0.25, 0.3) is 6.08 Å². The van der Waals surface area contributed by atoms with Crippen LogP contribution in [0, 0.1) is 5.82 Å². The van der Waals surface area contributed by atoms with Gasteiger partial charge in [-0.15, -0.1) is 0 Å². The van der Waals surface area contributed by atoms with Gasteiger partial charge < -0.3 is 10.5 Å². The number of halogens is 1. The zero-order chi connectivity index (χ0) is 10.7. The van der Waals surface area contributed by atoms with Gasteiger partial charge in [0.05, 0.1) is 12.7 Å². The summed E-state index contributed by atoms with van der Waals surface area (Å²) < 4.78 is 17.6. The summed E-state index contributed by atoms with van der Waals surface area (Å²) in [6.07, 6.45) is 1.45. The van der Waals surface area contributed by atoms with E-state index in [0.29, 0.717) is 5.56 Å². The largest absolute Gasteiger partial charge is 0.465 e. The molecule has 1 aromatic rings. The van der Waals surface area contributed by atoms with Crippen LogP contribution < -0.4 is 5.73 Å². The first-order valence-electron chi connectivity index (χ1n) is 3.90. The van der Waals surface area contributed by atoms with Crippen molar-refractivity contribution < 1.29 is 13.9 Å². The lowest BCUT2D eigenvalue weighted by Crippen LogP contribution is -2.06. The van der Waals surface area contributed by atoms with Crippen molar-refractivity contribution in [3.8, 4) is 0 Å². The van der Waals surface area contributed by atoms with Crippen molar-refractivity contribution in [3.63, 3.8) is 0 Å². The summed E-state index contributed by atoms with van der Waals surface area (Å²) >= 11 is 0. The van der Waals surface area contributed by atoms with Crippen molar-refractivity contribution in [2.45, 2.75) is 0 Å². The van der Waals surface area contributed by atoms with E-state index in [4.69, 9.17) is 5.73 Å². The summed E-state index contributed by atoms with van der Waals surface area (Å²) in [5.74, 6) is -1.43. The van der Waals surface area contributed by atoms with Gasteiger partial charge in [-0.25, -0.2) is 9.18 Å². The molecule has 0 aliphatic rings. The molecule has 0 saturated heterocycles. The van der Waals surface area contributed by atoms with Gasteiger partial charge in [0.2, 0.25) is 0 Å². The molecular formula is C10H10FNO2. The number of anilines is 1. The fourth-order valence-electron chi connectivity index (χ4n) is 1.05. The number of rotatable bonds is 2. The molecule has 2 N–H and O–H groups in total. The van der Waals surface area contributed by atoms with Crippen molar-refractivity contribution in [2.24, 2.45) is 0 Å². The normalized spacial score (nSPS) is 9.57. The topological polar surface area (TPSA) is 52.3 Å². The second-order valence-electron chi connectivity index (χ2n) is 2.66. The Kier molecular flexibility index (Phi) is 2.86. The molecule has 0 fully saturated rings. The van der Waals surface area contributed by atoms with Crippen LogP contribution in [0.5, 0.6) is 0 Å². The second kappa shape index (κ2) is 3.91. The molecule has 0 bridgehead atoms. The minimum atomic E-state index is -0.731. The van der Waals surface area contributed by atoms with Gasteiger partial charge in [-0.05, 0) is 17.7 Å². The summed E-state index contributed by atoms with van der Waals surface area (Å²) in [6, 6.07) is 2.38. The summed E-state index contributed by atoms with van der Waals surface area (Å²) in [5.41, 5.74) is 6.08. The third-order valence-corrected chi connectivity index (χ3v) is 1.80. The summed E-state index contributed by atoms with van der Waals surface area (Å²) in [5, 5.41) is 0. The number of benzene rings is 1. The van der Waals surface area contributed by atoms with Crippen LogP contribution in [0.1, 0.15) is 15.9 Å². The maximum atomic E-state index is 13.2. The smallest absolute Gasteiger partial charge is 0.340 e. The summed E-state index contributed by atoms with van der Waals surface area (Å²) in [7, 11) is 1.19. The van der Waals surface area contributed by atoms with Crippen molar-refractivity contribution in [2.75, 3.05) is 12.8 Å². The van der Waals surface area contributed by atoms with E-state index in [-0.39, 0.29) is 11.3 Å². The molecule has 0 atom stereocenters. The molecule has 4 heteroatoms. The highest BCUT2D eigenvalue weighted by atomic mass is 19.1. The van der Waals surface area contributed by atoms with E-state index >= 15 is 0 Å². The van der Waals surface area contributed by atoms with E-state index in [1.54, 1.807) is 0 Å². The van der Waals surface area contributed by atoms with Crippen LogP contribution in [0.15, 0.2) is 18.7 Å². The van der Waals surface area contributed by atoms with Gasteiger partial charge >= 0.3 is 5.97 Å². The Labute approximate surface area is 81.0 Å². The van der Waals surface area contributed by atoms with Crippen LogP contribution in [0.4, 0.5) is 10.1 Å². The number of nitrogen functional groups attached to an aromatic ring is 1. The Morgan fingerprint density at radius 3 is 2.79 bits per heavy atom. The first kappa shape index (κ1) is 10.2. The third kappa shape index (κ3) is 1.74. The molecule has 74 valence electrons. The quantitative estimate of drug-likeness (QED) is 0.578. The maximum Gasteiger partial charge on any atom is 0.340 e. The molecule has 3 nitrogen and oxygen atoms in total. The Bertz CT molecular complexity index is 388. The van der Waals surface area contributed by atoms with Gasteiger partial charge in [-0.2, -0.15) is 0 Å². The van der Waals surface area contributed by atoms with Gasteiger partial charge in [0, 0.05) is 5.69 Å². The molecule has 0 aromatic heterocycles. The molecule has 0 spiro atoms. The Hall–Kier alpha value is -1.84. The zero-order valence-corrected chi connectivity index (χ0v) is 7.71. The van der Waals surface area contributed by atoms with E-state index in [1.165, 1.54) is 19.3 Å². The first-order chi connectivity index (χ1) is 6.60. The van der Waals surface area contributed by atoms with Gasteiger partial charge in [0.1, 0.15) is 5.82 Å². The highest BCUT2D eigenvalue weighted by Gasteiger charge is 2.13. The lowest BCUT2D eigenvalue weighted by atomic mass is 10.1. The SMILES string of the molecule is C=Cc1cc(C(=O)OC)c(F)cc1N. The highest BCUT2D eigenvalue weighted by Crippen LogP contribution is 2.19. The number of carbonyl (C=O) groups excluding carboxylic acids is 1. The number of hydrogen-bond acceptors (Lipinski definition) is 3. The van der Waals surface area contributed by atoms with Crippen LogP contribution in [0.2, 0.25) is 0 Å². The van der Waals surface area contributed by atoms with E-state index in [0.717, 1.165) is 6.07 Å². The molecule has 0 aliphatic carbocycles. The molecule has 1 rings (SSSR count).